The number of benzene rings is 1. The van der Waals surface area contributed by atoms with Crippen molar-refractivity contribution in [2.45, 2.75) is 58.2 Å². The van der Waals surface area contributed by atoms with Gasteiger partial charge in [0, 0.05) is 10.4 Å². The van der Waals surface area contributed by atoms with Gasteiger partial charge in [0.25, 0.3) is 5.91 Å². The maximum atomic E-state index is 13.1. The number of hydrogen-bond donors (Lipinski definition) is 5. The number of aromatic hydroxyl groups is 1. The number of furan rings is 1. The molecule has 2 amide bonds. The molecule has 178 valence electrons. The molecule has 0 saturated carbocycles. The van der Waals surface area contributed by atoms with Crippen LogP contribution in [0.1, 0.15) is 62.1 Å². The number of hydrogen-bond acceptors (Lipinski definition) is 7. The highest BCUT2D eigenvalue weighted by Crippen LogP contribution is 2.39. The summed E-state index contributed by atoms with van der Waals surface area (Å²) in [5.74, 6) is 0.473. The van der Waals surface area contributed by atoms with Crippen LogP contribution in [-0.4, -0.2) is 23.0 Å². The van der Waals surface area contributed by atoms with E-state index >= 15 is 0 Å². The van der Waals surface area contributed by atoms with E-state index in [1.54, 1.807) is 18.4 Å². The summed E-state index contributed by atoms with van der Waals surface area (Å²) in [6, 6.07) is 6.60. The van der Waals surface area contributed by atoms with Crippen LogP contribution in [0.15, 0.2) is 34.9 Å². The van der Waals surface area contributed by atoms with Gasteiger partial charge in [0.2, 0.25) is 5.91 Å². The summed E-state index contributed by atoms with van der Waals surface area (Å²) < 4.78 is 5.31. The molecule has 9 heteroatoms. The molecule has 0 spiro atoms. The van der Waals surface area contributed by atoms with Crippen LogP contribution < -0.4 is 21.5 Å². The van der Waals surface area contributed by atoms with E-state index in [0.29, 0.717) is 29.3 Å². The largest absolute Gasteiger partial charge is 0.508 e. The summed E-state index contributed by atoms with van der Waals surface area (Å²) in [4.78, 5) is 27.4. The number of carbonyl (C=O) groups excluding carboxylic acids is 2. The third-order valence-corrected chi connectivity index (χ3v) is 7.83. The Bertz CT molecular complexity index is 1230. The maximum Gasteiger partial charge on any atom is 0.254 e. The molecule has 2 aliphatic rings. The number of carbonyl (C=O) groups is 2. The molecule has 1 aromatic carbocycles. The predicted molar refractivity (Wildman–Crippen MR) is 130 cm³/mol. The molecule has 0 radical (unpaired) electrons. The fourth-order valence-corrected chi connectivity index (χ4v) is 5.92. The zero-order chi connectivity index (χ0) is 23.8. The van der Waals surface area contributed by atoms with Crippen LogP contribution in [0.2, 0.25) is 0 Å². The van der Waals surface area contributed by atoms with Gasteiger partial charge < -0.3 is 20.2 Å². The molecular weight excluding hydrogens is 452 g/mol. The van der Waals surface area contributed by atoms with Gasteiger partial charge in [-0.25, -0.2) is 10.9 Å². The fraction of sp³-hybridized carbons (Fsp3) is 0.360. The summed E-state index contributed by atoms with van der Waals surface area (Å²) in [6.45, 7) is 4.24. The summed E-state index contributed by atoms with van der Waals surface area (Å²) in [5, 5.41) is 16.9. The van der Waals surface area contributed by atoms with E-state index in [-0.39, 0.29) is 23.6 Å². The van der Waals surface area contributed by atoms with E-state index in [4.69, 9.17) is 4.42 Å². The van der Waals surface area contributed by atoms with Gasteiger partial charge in [-0.15, -0.1) is 11.3 Å². The van der Waals surface area contributed by atoms with Crippen molar-refractivity contribution in [3.05, 3.63) is 69.0 Å². The highest BCUT2D eigenvalue weighted by molar-refractivity contribution is 7.17. The highest BCUT2D eigenvalue weighted by atomic mass is 32.1. The number of hydrazine groups is 1. The minimum Gasteiger partial charge on any atom is -0.508 e. The lowest BCUT2D eigenvalue weighted by Crippen LogP contribution is -2.39. The zero-order valence-electron chi connectivity index (χ0n) is 19.2. The Labute approximate surface area is 201 Å². The van der Waals surface area contributed by atoms with Crippen molar-refractivity contribution in [2.75, 3.05) is 5.32 Å². The Morgan fingerprint density at radius 2 is 2.03 bits per heavy atom. The van der Waals surface area contributed by atoms with Crippen LogP contribution in [0.25, 0.3) is 0 Å². The van der Waals surface area contributed by atoms with E-state index < -0.39 is 6.04 Å². The molecule has 1 aliphatic carbocycles. The van der Waals surface area contributed by atoms with Crippen molar-refractivity contribution >= 4 is 28.2 Å². The van der Waals surface area contributed by atoms with Crippen molar-refractivity contribution in [2.24, 2.45) is 0 Å². The van der Waals surface area contributed by atoms with Crippen LogP contribution in [0.4, 0.5) is 5.00 Å². The zero-order valence-corrected chi connectivity index (χ0v) is 20.0. The Hall–Kier alpha value is -3.14. The van der Waals surface area contributed by atoms with Crippen LogP contribution in [0.5, 0.6) is 5.75 Å². The van der Waals surface area contributed by atoms with E-state index in [1.165, 1.54) is 11.3 Å². The lowest BCUT2D eigenvalue weighted by molar-refractivity contribution is -0.117. The van der Waals surface area contributed by atoms with Crippen LogP contribution in [0.3, 0.4) is 0 Å². The lowest BCUT2D eigenvalue weighted by Gasteiger charge is -2.14. The number of nitrogens with one attached hydrogen (secondary N) is 4. The summed E-state index contributed by atoms with van der Waals surface area (Å²) in [6.07, 6.45) is 4.83. The molecule has 1 saturated heterocycles. The molecule has 5 rings (SSSR count). The molecule has 5 N–H and O–H groups in total. The molecular formula is C25H28N4O4S. The molecule has 3 heterocycles. The first-order valence-corrected chi connectivity index (χ1v) is 12.3. The van der Waals surface area contributed by atoms with Crippen molar-refractivity contribution in [3.63, 3.8) is 0 Å². The van der Waals surface area contributed by atoms with Crippen LogP contribution >= 0.6 is 11.3 Å². The fourth-order valence-electron chi connectivity index (χ4n) is 4.63. The molecule has 2 atom stereocenters. The third-order valence-electron chi connectivity index (χ3n) is 6.63. The number of aryl methyl sites for hydroxylation is 3. The second kappa shape index (κ2) is 9.25. The molecule has 8 nitrogen and oxygen atoms in total. The van der Waals surface area contributed by atoms with Gasteiger partial charge in [0.15, 0.2) is 0 Å². The molecule has 3 aromatic rings. The molecule has 2 aromatic heterocycles. The van der Waals surface area contributed by atoms with E-state index in [0.717, 1.165) is 46.4 Å². The van der Waals surface area contributed by atoms with Gasteiger partial charge in [-0.1, -0.05) is 6.07 Å². The van der Waals surface area contributed by atoms with Gasteiger partial charge in [-0.3, -0.25) is 9.59 Å². The van der Waals surface area contributed by atoms with Crippen LogP contribution in [0, 0.1) is 13.8 Å². The normalized spacial score (nSPS) is 19.2. The highest BCUT2D eigenvalue weighted by Gasteiger charge is 2.34. The van der Waals surface area contributed by atoms with Crippen molar-refractivity contribution in [3.8, 4) is 5.75 Å². The second-order valence-corrected chi connectivity index (χ2v) is 10.0. The van der Waals surface area contributed by atoms with Crippen molar-refractivity contribution < 1.29 is 19.1 Å². The monoisotopic (exact) mass is 480 g/mol. The minimum atomic E-state index is -0.498. The predicted octanol–water partition coefficient (Wildman–Crippen LogP) is 3.63. The Kier molecular flexibility index (Phi) is 6.16. The van der Waals surface area contributed by atoms with E-state index in [2.05, 4.69) is 21.5 Å². The van der Waals surface area contributed by atoms with Gasteiger partial charge in [0.1, 0.15) is 22.6 Å². The van der Waals surface area contributed by atoms with E-state index in [9.17, 15) is 14.7 Å². The number of phenols is 1. The Balaban J connectivity index is 1.29. The number of phenolic OH excluding ortho intramolecular Hbond substituents is 1. The topological polar surface area (TPSA) is 116 Å². The first-order valence-electron chi connectivity index (χ1n) is 11.5. The Morgan fingerprint density at radius 1 is 1.21 bits per heavy atom. The first kappa shape index (κ1) is 22.6. The van der Waals surface area contributed by atoms with Gasteiger partial charge >= 0.3 is 0 Å². The SMILES string of the molecule is Cc1cc(O)c(C2CC(C(=O)Nc3sc4c(c3C(=O)NCc3ccco3)CCC4)NN2)cc1C. The molecule has 34 heavy (non-hydrogen) atoms. The summed E-state index contributed by atoms with van der Waals surface area (Å²) >= 11 is 1.49. The molecule has 1 aliphatic heterocycles. The number of thiophene rings is 1. The lowest BCUT2D eigenvalue weighted by atomic mass is 9.97. The third kappa shape index (κ3) is 4.34. The molecule has 0 bridgehead atoms. The number of rotatable bonds is 6. The van der Waals surface area contributed by atoms with Gasteiger partial charge in [0.05, 0.1) is 24.4 Å². The number of anilines is 1. The smallest absolute Gasteiger partial charge is 0.254 e. The van der Waals surface area contributed by atoms with Gasteiger partial charge in [-0.2, -0.15) is 0 Å². The molecule has 1 fully saturated rings. The second-order valence-electron chi connectivity index (χ2n) is 8.94. The standard InChI is InChI=1S/C25H28N4O4S/c1-13-9-17(20(30)10-14(13)2)18-11-19(29-28-18)23(31)27-25-22(16-6-3-7-21(16)34-25)24(32)26-12-15-5-4-8-33-15/h4-5,8-10,18-19,28-30H,3,6-7,11-12H2,1-2H3,(H,26,32)(H,27,31). The number of amides is 2. The van der Waals surface area contributed by atoms with Crippen molar-refractivity contribution in [1.82, 2.24) is 16.2 Å². The summed E-state index contributed by atoms with van der Waals surface area (Å²) in [5.41, 5.74) is 10.6. The number of fused-ring (bicyclic) bond motifs is 1. The van der Waals surface area contributed by atoms with Crippen LogP contribution in [-0.2, 0) is 24.2 Å². The van der Waals surface area contributed by atoms with E-state index in [1.807, 2.05) is 26.0 Å². The average Bonchev–Trinajstić information content (AvgIpc) is 3.59. The van der Waals surface area contributed by atoms with Crippen molar-refractivity contribution in [1.29, 1.82) is 0 Å². The maximum absolute atomic E-state index is 13.1. The molecule has 2 unspecified atom stereocenters. The average molecular weight is 481 g/mol. The first-order chi connectivity index (χ1) is 16.4. The van der Waals surface area contributed by atoms with Gasteiger partial charge in [-0.05, 0) is 74.4 Å². The summed E-state index contributed by atoms with van der Waals surface area (Å²) in [7, 11) is 0. The Morgan fingerprint density at radius 3 is 2.82 bits per heavy atom. The quantitative estimate of drug-likeness (QED) is 0.368. The minimum absolute atomic E-state index is 0.195.